The molecule has 1 aromatic carbocycles. The Labute approximate surface area is 84.2 Å². The van der Waals surface area contributed by atoms with Gasteiger partial charge in [-0.15, -0.1) is 0 Å². The van der Waals surface area contributed by atoms with E-state index in [9.17, 15) is 14.0 Å². The van der Waals surface area contributed by atoms with Crippen molar-refractivity contribution in [3.63, 3.8) is 0 Å². The predicted octanol–water partition coefficient (Wildman–Crippen LogP) is 1.02. The van der Waals surface area contributed by atoms with Crippen molar-refractivity contribution < 1.29 is 24.2 Å². The Morgan fingerprint density at radius 1 is 1.33 bits per heavy atom. The number of halogens is 1. The van der Waals surface area contributed by atoms with Crippen molar-refractivity contribution in [1.29, 1.82) is 0 Å². The summed E-state index contributed by atoms with van der Waals surface area (Å²) < 4.78 is 13.1. The van der Waals surface area contributed by atoms with E-state index in [1.165, 1.54) is 12.1 Å². The number of anilines is 1. The minimum atomic E-state index is -1.44. The van der Waals surface area contributed by atoms with Crippen molar-refractivity contribution in [1.82, 2.24) is 0 Å². The van der Waals surface area contributed by atoms with E-state index in [-0.39, 0.29) is 5.69 Å². The first-order valence-corrected chi connectivity index (χ1v) is 4.00. The summed E-state index contributed by atoms with van der Waals surface area (Å²) in [7, 11) is 0. The first-order chi connectivity index (χ1) is 7.02. The zero-order chi connectivity index (χ0) is 11.4. The maximum Gasteiger partial charge on any atom is 0.340 e. The van der Waals surface area contributed by atoms with Gasteiger partial charge in [0.05, 0.1) is 5.69 Å². The number of hydrogen-bond acceptors (Lipinski definition) is 3. The average Bonchev–Trinajstić information content (AvgIpc) is 2.13. The summed E-state index contributed by atoms with van der Waals surface area (Å²) in [6.07, 6.45) is 0. The van der Waals surface area contributed by atoms with E-state index >= 15 is 0 Å². The highest BCUT2D eigenvalue weighted by atomic mass is 19.1. The lowest BCUT2D eigenvalue weighted by molar-refractivity contribution is -0.134. The molecule has 0 aliphatic heterocycles. The largest absolute Gasteiger partial charge is 0.480 e. The lowest BCUT2D eigenvalue weighted by Crippen LogP contribution is -2.15. The minimum Gasteiger partial charge on any atom is -0.480 e. The van der Waals surface area contributed by atoms with Crippen LogP contribution in [-0.2, 0) is 4.79 Å². The van der Waals surface area contributed by atoms with Crippen molar-refractivity contribution in [2.24, 2.45) is 0 Å². The van der Waals surface area contributed by atoms with Crippen molar-refractivity contribution in [3.05, 3.63) is 29.6 Å². The van der Waals surface area contributed by atoms with Gasteiger partial charge in [-0.05, 0) is 12.1 Å². The van der Waals surface area contributed by atoms with Crippen molar-refractivity contribution in [3.8, 4) is 0 Å². The molecule has 0 atom stereocenters. The highest BCUT2D eigenvalue weighted by Gasteiger charge is 2.15. The highest BCUT2D eigenvalue weighted by molar-refractivity contribution is 5.95. The van der Waals surface area contributed by atoms with Gasteiger partial charge in [0.15, 0.2) is 0 Å². The second-order valence-corrected chi connectivity index (χ2v) is 2.71. The third-order valence-corrected chi connectivity index (χ3v) is 1.66. The molecule has 0 heterocycles. The number of carbonyl (C=O) groups is 2. The Bertz CT molecular complexity index is 405. The van der Waals surface area contributed by atoms with Crippen LogP contribution in [0.25, 0.3) is 0 Å². The summed E-state index contributed by atoms with van der Waals surface area (Å²) in [5, 5.41) is 19.4. The standard InChI is InChI=1S/C9H8FNO4/c10-5-2-1-3-6(8(5)9(14)15)11-4-7(12)13/h1-3,11H,4H2,(H,12,13)(H,14,15). The molecule has 0 fully saturated rings. The SMILES string of the molecule is O=C(O)CNc1cccc(F)c1C(=O)O. The molecule has 0 amide bonds. The van der Waals surface area contributed by atoms with Gasteiger partial charge in [0.2, 0.25) is 0 Å². The molecule has 5 nitrogen and oxygen atoms in total. The lowest BCUT2D eigenvalue weighted by Gasteiger charge is -2.07. The van der Waals surface area contributed by atoms with Gasteiger partial charge in [0, 0.05) is 0 Å². The molecule has 0 aromatic heterocycles. The monoisotopic (exact) mass is 213 g/mol. The molecule has 0 saturated heterocycles. The molecular formula is C9H8FNO4. The second-order valence-electron chi connectivity index (χ2n) is 2.71. The van der Waals surface area contributed by atoms with E-state index in [1.807, 2.05) is 0 Å². The number of aliphatic carboxylic acids is 1. The van der Waals surface area contributed by atoms with Gasteiger partial charge in [-0.2, -0.15) is 0 Å². The molecule has 0 aliphatic carbocycles. The summed E-state index contributed by atoms with van der Waals surface area (Å²) in [6.45, 7) is -0.469. The maximum absolute atomic E-state index is 13.1. The van der Waals surface area contributed by atoms with Crippen molar-refractivity contribution in [2.45, 2.75) is 0 Å². The maximum atomic E-state index is 13.1. The Balaban J connectivity index is 3.01. The van der Waals surface area contributed by atoms with Crippen LogP contribution in [0.5, 0.6) is 0 Å². The molecule has 0 aliphatic rings. The molecule has 0 unspecified atom stereocenters. The summed E-state index contributed by atoms with van der Waals surface area (Å²) in [6, 6.07) is 3.59. The van der Waals surface area contributed by atoms with E-state index in [0.29, 0.717) is 0 Å². The van der Waals surface area contributed by atoms with Gasteiger partial charge in [-0.1, -0.05) is 6.07 Å². The molecule has 15 heavy (non-hydrogen) atoms. The average molecular weight is 213 g/mol. The molecule has 1 rings (SSSR count). The van der Waals surface area contributed by atoms with Gasteiger partial charge in [-0.3, -0.25) is 4.79 Å². The summed E-state index contributed by atoms with van der Waals surface area (Å²) >= 11 is 0. The number of aromatic carboxylic acids is 1. The first-order valence-electron chi connectivity index (χ1n) is 4.00. The van der Waals surface area contributed by atoms with Crippen molar-refractivity contribution >= 4 is 17.6 Å². The number of benzene rings is 1. The third-order valence-electron chi connectivity index (χ3n) is 1.66. The zero-order valence-corrected chi connectivity index (χ0v) is 7.53. The van der Waals surface area contributed by atoms with Crippen LogP contribution in [-0.4, -0.2) is 28.7 Å². The zero-order valence-electron chi connectivity index (χ0n) is 7.53. The van der Waals surface area contributed by atoms with Crippen LogP contribution in [0.4, 0.5) is 10.1 Å². The number of carboxylic acid groups (broad SMARTS) is 2. The number of nitrogens with one attached hydrogen (secondary N) is 1. The van der Waals surface area contributed by atoms with Crippen LogP contribution in [0.1, 0.15) is 10.4 Å². The highest BCUT2D eigenvalue weighted by Crippen LogP contribution is 2.18. The number of carboxylic acids is 2. The second kappa shape index (κ2) is 4.41. The normalized spacial score (nSPS) is 9.67. The quantitative estimate of drug-likeness (QED) is 0.695. The molecule has 0 spiro atoms. The van der Waals surface area contributed by atoms with Crippen LogP contribution in [0, 0.1) is 5.82 Å². The van der Waals surface area contributed by atoms with Crippen LogP contribution in [0.15, 0.2) is 18.2 Å². The van der Waals surface area contributed by atoms with Gasteiger partial charge in [0.1, 0.15) is 17.9 Å². The van der Waals surface area contributed by atoms with Crippen LogP contribution >= 0.6 is 0 Å². The summed E-state index contributed by atoms with van der Waals surface area (Å²) in [5.74, 6) is -3.51. The fourth-order valence-corrected chi connectivity index (χ4v) is 1.06. The fourth-order valence-electron chi connectivity index (χ4n) is 1.06. The van der Waals surface area contributed by atoms with Gasteiger partial charge in [0.25, 0.3) is 0 Å². The fraction of sp³-hybridized carbons (Fsp3) is 0.111. The van der Waals surface area contributed by atoms with E-state index in [2.05, 4.69) is 5.32 Å². The van der Waals surface area contributed by atoms with E-state index < -0.39 is 29.9 Å². The Hall–Kier alpha value is -2.11. The van der Waals surface area contributed by atoms with Gasteiger partial charge >= 0.3 is 11.9 Å². The Morgan fingerprint density at radius 2 is 2.00 bits per heavy atom. The molecule has 3 N–H and O–H groups in total. The Morgan fingerprint density at radius 3 is 2.53 bits per heavy atom. The summed E-state index contributed by atoms with van der Waals surface area (Å²) in [4.78, 5) is 20.9. The predicted molar refractivity (Wildman–Crippen MR) is 49.5 cm³/mol. The first kappa shape index (κ1) is 11.0. The smallest absolute Gasteiger partial charge is 0.340 e. The van der Waals surface area contributed by atoms with E-state index in [4.69, 9.17) is 10.2 Å². The molecule has 0 saturated carbocycles. The lowest BCUT2D eigenvalue weighted by atomic mass is 10.1. The molecule has 0 radical (unpaired) electrons. The van der Waals surface area contributed by atoms with E-state index in [1.54, 1.807) is 0 Å². The third kappa shape index (κ3) is 2.67. The molecular weight excluding hydrogens is 205 g/mol. The van der Waals surface area contributed by atoms with Crippen LogP contribution < -0.4 is 5.32 Å². The molecule has 6 heteroatoms. The molecule has 1 aromatic rings. The number of hydrogen-bond donors (Lipinski definition) is 3. The van der Waals surface area contributed by atoms with Gasteiger partial charge < -0.3 is 15.5 Å². The van der Waals surface area contributed by atoms with Crippen molar-refractivity contribution in [2.75, 3.05) is 11.9 Å². The Kier molecular flexibility index (Phi) is 3.22. The van der Waals surface area contributed by atoms with E-state index in [0.717, 1.165) is 6.07 Å². The topological polar surface area (TPSA) is 86.6 Å². The van der Waals surface area contributed by atoms with Gasteiger partial charge in [-0.25, -0.2) is 9.18 Å². The van der Waals surface area contributed by atoms with Crippen LogP contribution in [0.3, 0.4) is 0 Å². The molecule has 80 valence electrons. The minimum absolute atomic E-state index is 0.0510. The van der Waals surface area contributed by atoms with Crippen LogP contribution in [0.2, 0.25) is 0 Å². The summed E-state index contributed by atoms with van der Waals surface area (Å²) in [5.41, 5.74) is -0.608. The molecule has 0 bridgehead atoms. The number of rotatable bonds is 4.